The Labute approximate surface area is 412 Å². The SMILES string of the molecule is CC/C=C\C/C=C\C/C=C\C/C=C\CCCCC(=O)OC[C@H](COC(=O)CCCCCCCCCCC/C=C\C/C=C\CCCCC)OC(=O)CCCC/C=C\C/C=C\C/C=C\CCCCC. The summed E-state index contributed by atoms with van der Waals surface area (Å²) >= 11 is 0. The van der Waals surface area contributed by atoms with E-state index in [1.165, 1.54) is 96.3 Å². The summed E-state index contributed by atoms with van der Waals surface area (Å²) in [5, 5.41) is 0. The zero-order valence-corrected chi connectivity index (χ0v) is 43.4. The predicted octanol–water partition coefficient (Wildman–Crippen LogP) is 18.3. The lowest BCUT2D eigenvalue weighted by Crippen LogP contribution is -2.30. The fourth-order valence-corrected chi connectivity index (χ4v) is 7.12. The Hall–Kier alpha value is -3.93. The van der Waals surface area contributed by atoms with Crippen molar-refractivity contribution in [1.29, 1.82) is 0 Å². The highest BCUT2D eigenvalue weighted by atomic mass is 16.6. The first kappa shape index (κ1) is 63.1. The Morgan fingerprint density at radius 1 is 0.313 bits per heavy atom. The van der Waals surface area contributed by atoms with Gasteiger partial charge in [0.05, 0.1) is 0 Å². The van der Waals surface area contributed by atoms with E-state index in [1.807, 2.05) is 0 Å². The summed E-state index contributed by atoms with van der Waals surface area (Å²) < 4.78 is 16.8. The molecule has 0 aliphatic carbocycles. The molecule has 0 spiro atoms. The molecule has 1 atom stereocenters. The molecule has 0 rings (SSSR count). The van der Waals surface area contributed by atoms with Crippen LogP contribution in [0.25, 0.3) is 0 Å². The highest BCUT2D eigenvalue weighted by Gasteiger charge is 2.19. The molecule has 0 radical (unpaired) electrons. The molecule has 6 heteroatoms. The van der Waals surface area contributed by atoms with Gasteiger partial charge < -0.3 is 14.2 Å². The van der Waals surface area contributed by atoms with Crippen LogP contribution in [-0.2, 0) is 28.6 Å². The number of allylic oxidation sites excluding steroid dienone is 18. The van der Waals surface area contributed by atoms with Crippen molar-refractivity contribution < 1.29 is 28.6 Å². The smallest absolute Gasteiger partial charge is 0.306 e. The Balaban J connectivity index is 4.50. The minimum Gasteiger partial charge on any atom is -0.462 e. The molecule has 0 fully saturated rings. The number of unbranched alkanes of at least 4 members (excludes halogenated alkanes) is 19. The van der Waals surface area contributed by atoms with Crippen LogP contribution in [0.3, 0.4) is 0 Å². The fourth-order valence-electron chi connectivity index (χ4n) is 7.12. The van der Waals surface area contributed by atoms with Crippen LogP contribution in [0.4, 0.5) is 0 Å². The second-order valence-electron chi connectivity index (χ2n) is 17.7. The number of hydrogen-bond donors (Lipinski definition) is 0. The first-order valence-corrected chi connectivity index (χ1v) is 27.4. The molecule has 0 aliphatic heterocycles. The molecule has 380 valence electrons. The van der Waals surface area contributed by atoms with E-state index in [1.54, 1.807) is 0 Å². The van der Waals surface area contributed by atoms with Crippen molar-refractivity contribution in [3.8, 4) is 0 Å². The molecule has 0 bridgehead atoms. The monoisotopic (exact) mass is 929 g/mol. The summed E-state index contributed by atoms with van der Waals surface area (Å²) in [5.41, 5.74) is 0. The molecule has 0 unspecified atom stereocenters. The Morgan fingerprint density at radius 2 is 0.582 bits per heavy atom. The lowest BCUT2D eigenvalue weighted by atomic mass is 10.1. The topological polar surface area (TPSA) is 78.9 Å². The highest BCUT2D eigenvalue weighted by Crippen LogP contribution is 2.13. The van der Waals surface area contributed by atoms with E-state index in [0.29, 0.717) is 25.7 Å². The van der Waals surface area contributed by atoms with Gasteiger partial charge in [-0.2, -0.15) is 0 Å². The molecular formula is C61H100O6. The second kappa shape index (κ2) is 54.7. The van der Waals surface area contributed by atoms with Gasteiger partial charge >= 0.3 is 17.9 Å². The van der Waals surface area contributed by atoms with Gasteiger partial charge in [0.15, 0.2) is 6.10 Å². The third-order valence-electron chi connectivity index (χ3n) is 11.2. The fraction of sp³-hybridized carbons (Fsp3) is 0.656. The zero-order chi connectivity index (χ0) is 48.6. The Bertz CT molecular complexity index is 1390. The van der Waals surface area contributed by atoms with E-state index in [4.69, 9.17) is 14.2 Å². The largest absolute Gasteiger partial charge is 0.462 e. The molecule has 0 amide bonds. The molecule has 0 aromatic carbocycles. The first-order valence-electron chi connectivity index (χ1n) is 27.4. The van der Waals surface area contributed by atoms with Gasteiger partial charge in [0.2, 0.25) is 0 Å². The number of carbonyl (C=O) groups is 3. The van der Waals surface area contributed by atoms with Crippen molar-refractivity contribution in [3.63, 3.8) is 0 Å². The van der Waals surface area contributed by atoms with E-state index in [-0.39, 0.29) is 37.5 Å². The van der Waals surface area contributed by atoms with Gasteiger partial charge in [-0.15, -0.1) is 0 Å². The minimum atomic E-state index is -0.819. The lowest BCUT2D eigenvalue weighted by Gasteiger charge is -2.18. The molecular weight excluding hydrogens is 829 g/mol. The average Bonchev–Trinajstić information content (AvgIpc) is 3.33. The maximum Gasteiger partial charge on any atom is 0.306 e. The van der Waals surface area contributed by atoms with Crippen LogP contribution in [0.15, 0.2) is 109 Å². The Kier molecular flexibility index (Phi) is 51.5. The van der Waals surface area contributed by atoms with Gasteiger partial charge in [-0.25, -0.2) is 0 Å². The summed E-state index contributed by atoms with van der Waals surface area (Å²) in [7, 11) is 0. The maximum absolute atomic E-state index is 12.8. The molecule has 0 heterocycles. The van der Waals surface area contributed by atoms with Crippen LogP contribution in [-0.4, -0.2) is 37.2 Å². The molecule has 6 nitrogen and oxygen atoms in total. The van der Waals surface area contributed by atoms with E-state index in [2.05, 4.69) is 130 Å². The van der Waals surface area contributed by atoms with Crippen molar-refractivity contribution in [2.45, 2.75) is 245 Å². The molecule has 0 saturated carbocycles. The molecule has 0 aromatic rings. The number of ether oxygens (including phenoxy) is 3. The third-order valence-corrected chi connectivity index (χ3v) is 11.2. The van der Waals surface area contributed by atoms with Crippen LogP contribution < -0.4 is 0 Å². The van der Waals surface area contributed by atoms with Gasteiger partial charge in [-0.05, 0) is 128 Å². The first-order chi connectivity index (χ1) is 33.0. The van der Waals surface area contributed by atoms with Crippen LogP contribution >= 0.6 is 0 Å². The minimum absolute atomic E-state index is 0.111. The summed E-state index contributed by atoms with van der Waals surface area (Å²) in [6.45, 7) is 6.39. The van der Waals surface area contributed by atoms with Crippen LogP contribution in [0.2, 0.25) is 0 Å². The number of esters is 3. The van der Waals surface area contributed by atoms with E-state index < -0.39 is 6.10 Å². The molecule has 0 aromatic heterocycles. The average molecular weight is 929 g/mol. The van der Waals surface area contributed by atoms with Crippen molar-refractivity contribution >= 4 is 17.9 Å². The molecule has 67 heavy (non-hydrogen) atoms. The summed E-state index contributed by atoms with van der Waals surface area (Å²) in [4.78, 5) is 38.1. The number of rotatable bonds is 48. The Morgan fingerprint density at radius 3 is 0.940 bits per heavy atom. The van der Waals surface area contributed by atoms with Gasteiger partial charge in [-0.1, -0.05) is 201 Å². The quantitative estimate of drug-likeness (QED) is 0.0262. The van der Waals surface area contributed by atoms with Crippen molar-refractivity contribution in [3.05, 3.63) is 109 Å². The lowest BCUT2D eigenvalue weighted by molar-refractivity contribution is -0.167. The molecule has 0 aliphatic rings. The normalized spacial score (nSPS) is 12.9. The van der Waals surface area contributed by atoms with Gasteiger partial charge in [0.25, 0.3) is 0 Å². The van der Waals surface area contributed by atoms with E-state index in [0.717, 1.165) is 89.9 Å². The number of carbonyl (C=O) groups excluding carboxylic acids is 3. The zero-order valence-electron chi connectivity index (χ0n) is 43.4. The highest BCUT2D eigenvalue weighted by molar-refractivity contribution is 5.71. The van der Waals surface area contributed by atoms with E-state index >= 15 is 0 Å². The molecule has 0 saturated heterocycles. The van der Waals surface area contributed by atoms with Crippen LogP contribution in [0, 0.1) is 0 Å². The standard InChI is InChI=1S/C61H100O6/c1-4-7-10-13-16-19-22-25-28-29-30-31-34-36-39-42-45-48-51-54-60(63)66-57-58(67-61(64)55-52-49-46-43-40-37-33-27-24-21-18-15-12-9-6-3)56-65-59(62)53-50-47-44-41-38-35-32-26-23-20-17-14-11-8-5-2/h8,11,16-21,25-28,32-33,38,40-41,43,58H,4-7,9-10,12-15,22-24,29-31,34-37,39,42,44-57H2,1-3H3/b11-8-,19-16-,20-17-,21-18-,28-25-,32-26-,33-27-,41-38-,43-40-/t58-/m1/s1. The summed E-state index contributed by atoms with van der Waals surface area (Å²) in [6.07, 6.45) is 73.6. The van der Waals surface area contributed by atoms with E-state index in [9.17, 15) is 14.4 Å². The van der Waals surface area contributed by atoms with Gasteiger partial charge in [0.1, 0.15) is 13.2 Å². The summed E-state index contributed by atoms with van der Waals surface area (Å²) in [5.74, 6) is -0.999. The molecule has 0 N–H and O–H groups in total. The number of hydrogen-bond acceptors (Lipinski definition) is 6. The van der Waals surface area contributed by atoms with Crippen molar-refractivity contribution in [1.82, 2.24) is 0 Å². The van der Waals surface area contributed by atoms with Crippen LogP contribution in [0.5, 0.6) is 0 Å². The third kappa shape index (κ3) is 52.9. The van der Waals surface area contributed by atoms with Crippen molar-refractivity contribution in [2.75, 3.05) is 13.2 Å². The maximum atomic E-state index is 12.8. The predicted molar refractivity (Wildman–Crippen MR) is 288 cm³/mol. The van der Waals surface area contributed by atoms with Gasteiger partial charge in [-0.3, -0.25) is 14.4 Å². The summed E-state index contributed by atoms with van der Waals surface area (Å²) in [6, 6.07) is 0. The second-order valence-corrected chi connectivity index (χ2v) is 17.7. The van der Waals surface area contributed by atoms with Gasteiger partial charge in [0, 0.05) is 19.3 Å². The van der Waals surface area contributed by atoms with Crippen LogP contribution in [0.1, 0.15) is 239 Å². The van der Waals surface area contributed by atoms with Crippen molar-refractivity contribution in [2.24, 2.45) is 0 Å².